The first-order valence-corrected chi connectivity index (χ1v) is 11.5. The Kier molecular flexibility index (Phi) is 10.0. The van der Waals surface area contributed by atoms with Gasteiger partial charge in [-0.25, -0.2) is 9.69 Å². The molecule has 3 aromatic rings. The maximum absolute atomic E-state index is 12.5. The molecule has 1 atom stereocenters. The van der Waals surface area contributed by atoms with Crippen LogP contribution in [0.3, 0.4) is 0 Å². The number of aliphatic hydroxyl groups is 1. The van der Waals surface area contributed by atoms with Gasteiger partial charge >= 0.3 is 12.1 Å². The van der Waals surface area contributed by atoms with E-state index in [1.165, 1.54) is 0 Å². The Balaban J connectivity index is 0.000000363. The van der Waals surface area contributed by atoms with E-state index in [0.717, 1.165) is 21.6 Å². The Hall–Kier alpha value is -3.97. The Morgan fingerprint density at radius 1 is 0.857 bits per heavy atom. The third-order valence-corrected chi connectivity index (χ3v) is 5.37. The summed E-state index contributed by atoms with van der Waals surface area (Å²) in [5.74, 6) is -0.711. The number of esters is 1. The standard InChI is InChI=1S/C21H21NO5.C7H8O/c23-19(12-7-13-20(24)26-14-16-8-3-1-4-9-16)22-18(15-27-21(22)25)17-10-5-2-6-11-17;8-6-7-4-2-1-3-5-7/h1-6,8-11,18H,7,12-15H2;1-5,8H,6H2. The topological polar surface area (TPSA) is 93.1 Å². The average molecular weight is 476 g/mol. The van der Waals surface area contributed by atoms with E-state index in [1.807, 2.05) is 91.0 Å². The van der Waals surface area contributed by atoms with Crippen molar-refractivity contribution < 1.29 is 29.0 Å². The normalized spacial score (nSPS) is 14.5. The predicted molar refractivity (Wildman–Crippen MR) is 130 cm³/mol. The number of carbonyl (C=O) groups is 3. The number of ether oxygens (including phenoxy) is 2. The van der Waals surface area contributed by atoms with Gasteiger partial charge in [-0.1, -0.05) is 91.0 Å². The van der Waals surface area contributed by atoms with Crippen LogP contribution >= 0.6 is 0 Å². The van der Waals surface area contributed by atoms with Crippen molar-refractivity contribution in [3.8, 4) is 0 Å². The SMILES string of the molecule is O=C(CCCC(=O)N1C(=O)OCC1c1ccccc1)OCc1ccccc1.OCc1ccccc1. The van der Waals surface area contributed by atoms with Crippen LogP contribution in [0.15, 0.2) is 91.0 Å². The monoisotopic (exact) mass is 475 g/mol. The van der Waals surface area contributed by atoms with Gasteiger partial charge in [-0.15, -0.1) is 0 Å². The summed E-state index contributed by atoms with van der Waals surface area (Å²) in [4.78, 5) is 37.4. The molecule has 182 valence electrons. The van der Waals surface area contributed by atoms with Crippen molar-refractivity contribution in [3.05, 3.63) is 108 Å². The van der Waals surface area contributed by atoms with Gasteiger partial charge in [-0.2, -0.15) is 0 Å². The van der Waals surface area contributed by atoms with Gasteiger partial charge in [-0.05, 0) is 23.1 Å². The molecule has 1 aliphatic rings. The summed E-state index contributed by atoms with van der Waals surface area (Å²) in [6.45, 7) is 0.497. The maximum Gasteiger partial charge on any atom is 0.417 e. The molecule has 0 aromatic heterocycles. The Morgan fingerprint density at radius 3 is 2.00 bits per heavy atom. The third-order valence-electron chi connectivity index (χ3n) is 5.37. The number of imide groups is 1. The van der Waals surface area contributed by atoms with Gasteiger partial charge in [0.1, 0.15) is 19.3 Å². The van der Waals surface area contributed by atoms with E-state index in [0.29, 0.717) is 6.42 Å². The molecule has 1 aliphatic heterocycles. The lowest BCUT2D eigenvalue weighted by molar-refractivity contribution is -0.145. The van der Waals surface area contributed by atoms with Crippen molar-refractivity contribution in [2.75, 3.05) is 6.61 Å². The molecule has 2 amide bonds. The van der Waals surface area contributed by atoms with Crippen LogP contribution < -0.4 is 0 Å². The van der Waals surface area contributed by atoms with E-state index < -0.39 is 12.1 Å². The summed E-state index contributed by atoms with van der Waals surface area (Å²) in [7, 11) is 0. The van der Waals surface area contributed by atoms with E-state index in [-0.39, 0.29) is 44.5 Å². The lowest BCUT2D eigenvalue weighted by atomic mass is 10.1. The summed E-state index contributed by atoms with van der Waals surface area (Å²) < 4.78 is 10.2. The molecule has 4 rings (SSSR count). The molecule has 0 spiro atoms. The summed E-state index contributed by atoms with van der Waals surface area (Å²) in [5, 5.41) is 8.54. The molecule has 1 unspecified atom stereocenters. The molecule has 1 N–H and O–H groups in total. The second-order valence-electron chi connectivity index (χ2n) is 7.91. The fraction of sp³-hybridized carbons (Fsp3) is 0.250. The molecule has 7 nitrogen and oxygen atoms in total. The van der Waals surface area contributed by atoms with Crippen molar-refractivity contribution in [1.29, 1.82) is 0 Å². The first kappa shape index (κ1) is 25.6. The first-order valence-electron chi connectivity index (χ1n) is 11.5. The molecule has 35 heavy (non-hydrogen) atoms. The molecule has 0 radical (unpaired) electrons. The zero-order valence-electron chi connectivity index (χ0n) is 19.4. The lowest BCUT2D eigenvalue weighted by Crippen LogP contribution is -2.34. The minimum absolute atomic E-state index is 0.0822. The Labute approximate surface area is 204 Å². The number of hydrogen-bond donors (Lipinski definition) is 1. The highest BCUT2D eigenvalue weighted by Gasteiger charge is 2.38. The summed E-state index contributed by atoms with van der Waals surface area (Å²) in [6.07, 6.45) is -0.117. The fourth-order valence-corrected chi connectivity index (χ4v) is 3.52. The fourth-order valence-electron chi connectivity index (χ4n) is 3.52. The highest BCUT2D eigenvalue weighted by Crippen LogP contribution is 2.28. The molecular weight excluding hydrogens is 446 g/mol. The van der Waals surface area contributed by atoms with E-state index >= 15 is 0 Å². The number of benzene rings is 3. The molecule has 0 bridgehead atoms. The first-order chi connectivity index (χ1) is 17.1. The van der Waals surface area contributed by atoms with Gasteiger partial charge in [0.25, 0.3) is 0 Å². The summed E-state index contributed by atoms with van der Waals surface area (Å²) in [6, 6.07) is 27.8. The van der Waals surface area contributed by atoms with Gasteiger partial charge in [0.15, 0.2) is 0 Å². The minimum atomic E-state index is -0.638. The van der Waals surface area contributed by atoms with Crippen molar-refractivity contribution in [2.45, 2.75) is 38.5 Å². The van der Waals surface area contributed by atoms with Crippen LogP contribution in [-0.2, 0) is 32.3 Å². The number of aliphatic hydroxyl groups excluding tert-OH is 1. The van der Waals surface area contributed by atoms with Gasteiger partial charge in [0.2, 0.25) is 5.91 Å². The zero-order chi connectivity index (χ0) is 24.9. The van der Waals surface area contributed by atoms with E-state index in [4.69, 9.17) is 14.6 Å². The quantitative estimate of drug-likeness (QED) is 0.471. The summed E-state index contributed by atoms with van der Waals surface area (Å²) >= 11 is 0. The lowest BCUT2D eigenvalue weighted by Gasteiger charge is -2.19. The third kappa shape index (κ3) is 8.08. The summed E-state index contributed by atoms with van der Waals surface area (Å²) in [5.41, 5.74) is 2.72. The van der Waals surface area contributed by atoms with Crippen LogP contribution in [-0.4, -0.2) is 34.6 Å². The molecule has 1 heterocycles. The Morgan fingerprint density at radius 2 is 1.43 bits per heavy atom. The van der Waals surface area contributed by atoms with Gasteiger partial charge in [-0.3, -0.25) is 9.59 Å². The smallest absolute Gasteiger partial charge is 0.417 e. The maximum atomic E-state index is 12.5. The average Bonchev–Trinajstić information content (AvgIpc) is 3.31. The van der Waals surface area contributed by atoms with E-state index in [1.54, 1.807) is 0 Å². The molecular formula is C28H29NO6. The van der Waals surface area contributed by atoms with Crippen LogP contribution in [0.2, 0.25) is 0 Å². The van der Waals surface area contributed by atoms with Crippen molar-refractivity contribution in [1.82, 2.24) is 4.90 Å². The number of rotatable bonds is 8. The minimum Gasteiger partial charge on any atom is -0.461 e. The zero-order valence-corrected chi connectivity index (χ0v) is 19.4. The molecule has 0 saturated carbocycles. The van der Waals surface area contributed by atoms with Crippen LogP contribution in [0.25, 0.3) is 0 Å². The van der Waals surface area contributed by atoms with Crippen molar-refractivity contribution >= 4 is 18.0 Å². The van der Waals surface area contributed by atoms with Crippen molar-refractivity contribution in [3.63, 3.8) is 0 Å². The second-order valence-corrected chi connectivity index (χ2v) is 7.91. The van der Waals surface area contributed by atoms with Crippen LogP contribution in [0.4, 0.5) is 4.79 Å². The van der Waals surface area contributed by atoms with Gasteiger partial charge in [0, 0.05) is 12.8 Å². The largest absolute Gasteiger partial charge is 0.461 e. The highest BCUT2D eigenvalue weighted by molar-refractivity contribution is 5.93. The molecule has 3 aromatic carbocycles. The van der Waals surface area contributed by atoms with Gasteiger partial charge in [0.05, 0.1) is 6.61 Å². The molecule has 1 saturated heterocycles. The number of carbonyl (C=O) groups excluding carboxylic acids is 3. The Bertz CT molecular complexity index is 1070. The number of amides is 2. The van der Waals surface area contributed by atoms with E-state index in [2.05, 4.69) is 0 Å². The number of hydrogen-bond acceptors (Lipinski definition) is 6. The predicted octanol–water partition coefficient (Wildman–Crippen LogP) is 4.80. The highest BCUT2D eigenvalue weighted by atomic mass is 16.6. The van der Waals surface area contributed by atoms with Gasteiger partial charge < -0.3 is 14.6 Å². The molecule has 7 heteroatoms. The van der Waals surface area contributed by atoms with Crippen molar-refractivity contribution in [2.24, 2.45) is 0 Å². The molecule has 1 fully saturated rings. The van der Waals surface area contributed by atoms with Crippen LogP contribution in [0.5, 0.6) is 0 Å². The number of cyclic esters (lactones) is 1. The number of nitrogens with zero attached hydrogens (tertiary/aromatic N) is 1. The second kappa shape index (κ2) is 13.7. The molecule has 0 aliphatic carbocycles. The van der Waals surface area contributed by atoms with E-state index in [9.17, 15) is 14.4 Å². The van der Waals surface area contributed by atoms with Crippen LogP contribution in [0.1, 0.15) is 42.0 Å². The van der Waals surface area contributed by atoms with Crippen LogP contribution in [0, 0.1) is 0 Å².